The molecule has 68 heavy (non-hydrogen) atoms. The molecule has 0 N–H and O–H groups in total. The molecule has 3 heterocycles. The second kappa shape index (κ2) is 15.2. The monoisotopic (exact) mass is 865 g/mol. The first-order valence-electron chi connectivity index (χ1n) is 23.1. The van der Waals surface area contributed by atoms with Crippen molar-refractivity contribution in [1.82, 2.24) is 24.1 Å². The molecule has 0 spiro atoms. The minimum absolute atomic E-state index is 0.570. The molecule has 0 aliphatic carbocycles. The van der Waals surface area contributed by atoms with E-state index in [4.69, 9.17) is 15.0 Å². The molecule has 5 heteroatoms. The molecule has 0 aliphatic heterocycles. The Hall–Kier alpha value is -9.19. The molecule has 0 atom stereocenters. The lowest BCUT2D eigenvalue weighted by Crippen LogP contribution is -2.06. The summed E-state index contributed by atoms with van der Waals surface area (Å²) in [7, 11) is 0. The Bertz CT molecular complexity index is 4220. The Labute approximate surface area is 391 Å². The van der Waals surface area contributed by atoms with Gasteiger partial charge in [0.1, 0.15) is 0 Å². The number of rotatable bonds is 6. The Morgan fingerprint density at radius 1 is 0.265 bits per heavy atom. The van der Waals surface area contributed by atoms with Crippen molar-refractivity contribution in [3.8, 4) is 56.7 Å². The van der Waals surface area contributed by atoms with E-state index >= 15 is 0 Å². The van der Waals surface area contributed by atoms with Crippen LogP contribution >= 0.6 is 0 Å². The van der Waals surface area contributed by atoms with Crippen LogP contribution in [-0.2, 0) is 0 Å². The summed E-state index contributed by atoms with van der Waals surface area (Å²) >= 11 is 0. The maximum absolute atomic E-state index is 5.23. The van der Waals surface area contributed by atoms with Gasteiger partial charge in [-0.05, 0) is 91.0 Å². The predicted octanol–water partition coefficient (Wildman–Crippen LogP) is 16.2. The Kier molecular flexibility index (Phi) is 8.52. The first kappa shape index (κ1) is 38.1. The van der Waals surface area contributed by atoms with E-state index < -0.39 is 0 Å². The topological polar surface area (TPSA) is 48.5 Å². The Morgan fingerprint density at radius 3 is 1.43 bits per heavy atom. The third-order valence-electron chi connectivity index (χ3n) is 13.7. The van der Waals surface area contributed by atoms with Gasteiger partial charge in [-0.15, -0.1) is 0 Å². The number of hydrogen-bond donors (Lipinski definition) is 0. The minimum atomic E-state index is 0.570. The summed E-state index contributed by atoms with van der Waals surface area (Å²) in [5.74, 6) is 1.82. The fourth-order valence-electron chi connectivity index (χ4n) is 10.8. The lowest BCUT2D eigenvalue weighted by atomic mass is 9.89. The molecule has 0 saturated carbocycles. The first-order chi connectivity index (χ1) is 33.7. The maximum Gasteiger partial charge on any atom is 0.238 e. The highest BCUT2D eigenvalue weighted by Crippen LogP contribution is 2.44. The Morgan fingerprint density at radius 2 is 0.750 bits per heavy atom. The minimum Gasteiger partial charge on any atom is -0.309 e. The van der Waals surface area contributed by atoms with Gasteiger partial charge in [0, 0.05) is 38.4 Å². The van der Waals surface area contributed by atoms with Gasteiger partial charge in [0.15, 0.2) is 11.6 Å². The number of nitrogens with zero attached hydrogens (tertiary/aromatic N) is 5. The third-order valence-corrected chi connectivity index (χ3v) is 13.7. The van der Waals surface area contributed by atoms with Crippen LogP contribution in [0.1, 0.15) is 0 Å². The van der Waals surface area contributed by atoms with Gasteiger partial charge in [0.2, 0.25) is 5.95 Å². The number of benzene rings is 11. The standard InChI is InChI=1S/C63H39N5/c1-3-18-40(19-4-1)61-64-62(41-20-5-2-6-21-41)66-63(65-61)68-56-35-14-12-31-54(56)59-57(68)37-36-53-50-29-11-13-34-55(50)67(60(53)59)45-25-16-23-43(39-45)42-22-15-24-44(38-42)46-32-17-33-52-49-27-8-7-26-47(49)48-28-9-10-30-51(48)58(46)52/h1-39H. The molecular formula is C63H39N5. The van der Waals surface area contributed by atoms with Crippen LogP contribution in [0.15, 0.2) is 237 Å². The van der Waals surface area contributed by atoms with Crippen LogP contribution in [0.25, 0.3) is 133 Å². The van der Waals surface area contributed by atoms with Crippen molar-refractivity contribution in [3.05, 3.63) is 237 Å². The largest absolute Gasteiger partial charge is 0.309 e. The summed E-state index contributed by atoms with van der Waals surface area (Å²) in [6, 6.07) is 84.7. The predicted molar refractivity (Wildman–Crippen MR) is 283 cm³/mol. The zero-order chi connectivity index (χ0) is 44.7. The normalized spacial score (nSPS) is 11.8. The van der Waals surface area contributed by atoms with Crippen molar-refractivity contribution in [2.24, 2.45) is 0 Å². The van der Waals surface area contributed by atoms with E-state index in [-0.39, 0.29) is 0 Å². The molecule has 0 aliphatic rings. The van der Waals surface area contributed by atoms with Gasteiger partial charge < -0.3 is 4.57 Å². The van der Waals surface area contributed by atoms with Gasteiger partial charge in [0.05, 0.1) is 22.1 Å². The van der Waals surface area contributed by atoms with Gasteiger partial charge in [-0.1, -0.05) is 200 Å². The van der Waals surface area contributed by atoms with Gasteiger partial charge in [0.25, 0.3) is 0 Å². The molecule has 5 nitrogen and oxygen atoms in total. The van der Waals surface area contributed by atoms with E-state index in [1.54, 1.807) is 0 Å². The van der Waals surface area contributed by atoms with Crippen LogP contribution in [-0.4, -0.2) is 24.1 Å². The summed E-state index contributed by atoms with van der Waals surface area (Å²) in [6.45, 7) is 0. The maximum atomic E-state index is 5.23. The van der Waals surface area contributed by atoms with E-state index in [0.29, 0.717) is 17.6 Å². The van der Waals surface area contributed by atoms with Gasteiger partial charge in [-0.3, -0.25) is 4.57 Å². The van der Waals surface area contributed by atoms with Crippen LogP contribution < -0.4 is 0 Å². The Balaban J connectivity index is 0.979. The number of aromatic nitrogens is 5. The fraction of sp³-hybridized carbons (Fsp3) is 0. The van der Waals surface area contributed by atoms with Gasteiger partial charge in [-0.2, -0.15) is 9.97 Å². The molecule has 11 aromatic carbocycles. The van der Waals surface area contributed by atoms with Crippen molar-refractivity contribution >= 4 is 75.9 Å². The van der Waals surface area contributed by atoms with Crippen LogP contribution in [0.4, 0.5) is 0 Å². The lowest BCUT2D eigenvalue weighted by Gasteiger charge is -2.15. The summed E-state index contributed by atoms with van der Waals surface area (Å²) in [5, 5.41) is 12.3. The second-order valence-corrected chi connectivity index (χ2v) is 17.5. The zero-order valence-electron chi connectivity index (χ0n) is 36.8. The highest BCUT2D eigenvalue weighted by atomic mass is 15.2. The van der Waals surface area contributed by atoms with Gasteiger partial charge >= 0.3 is 0 Å². The van der Waals surface area contributed by atoms with E-state index in [0.717, 1.165) is 60.8 Å². The highest BCUT2D eigenvalue weighted by Gasteiger charge is 2.23. The molecule has 0 fully saturated rings. The number of hydrogen-bond acceptors (Lipinski definition) is 3. The molecule has 0 radical (unpaired) electrons. The van der Waals surface area contributed by atoms with Crippen molar-refractivity contribution < 1.29 is 0 Å². The molecule has 316 valence electrons. The first-order valence-corrected chi connectivity index (χ1v) is 23.1. The van der Waals surface area contributed by atoms with Crippen LogP contribution in [0, 0.1) is 0 Å². The summed E-state index contributed by atoms with van der Waals surface area (Å²) in [6.07, 6.45) is 0. The smallest absolute Gasteiger partial charge is 0.238 e. The quantitative estimate of drug-likeness (QED) is 0.156. The molecule has 0 saturated heterocycles. The van der Waals surface area contributed by atoms with Crippen molar-refractivity contribution in [3.63, 3.8) is 0 Å². The highest BCUT2D eigenvalue weighted by molar-refractivity contribution is 6.29. The number of fused-ring (bicyclic) bond motifs is 13. The second-order valence-electron chi connectivity index (χ2n) is 17.5. The molecule has 14 aromatic rings. The van der Waals surface area contributed by atoms with Crippen molar-refractivity contribution in [1.29, 1.82) is 0 Å². The molecular weight excluding hydrogens is 827 g/mol. The van der Waals surface area contributed by atoms with Crippen LogP contribution in [0.5, 0.6) is 0 Å². The molecule has 0 unspecified atom stereocenters. The summed E-state index contributed by atoms with van der Waals surface area (Å²) in [4.78, 5) is 15.5. The average Bonchev–Trinajstić information content (AvgIpc) is 3.94. The zero-order valence-corrected chi connectivity index (χ0v) is 36.8. The number of para-hydroxylation sites is 2. The van der Waals surface area contributed by atoms with E-state index in [2.05, 4.69) is 209 Å². The summed E-state index contributed by atoms with van der Waals surface area (Å²) in [5.41, 5.74) is 12.0. The molecule has 0 bridgehead atoms. The molecule has 0 amide bonds. The van der Waals surface area contributed by atoms with E-state index in [1.165, 1.54) is 54.2 Å². The third kappa shape index (κ3) is 5.86. The fourth-order valence-corrected chi connectivity index (χ4v) is 10.8. The SMILES string of the molecule is c1ccc(-c2nc(-c3ccccc3)nc(-n3c4ccccc4c4c3ccc3c5ccccc5n(-c5cccc(-c6cccc(-c7cccc8c9ccccc9c9ccccc9c78)c6)c5)c34)n2)cc1. The van der Waals surface area contributed by atoms with Crippen molar-refractivity contribution in [2.75, 3.05) is 0 Å². The van der Waals surface area contributed by atoms with Gasteiger partial charge in [-0.25, -0.2) is 4.98 Å². The van der Waals surface area contributed by atoms with Crippen molar-refractivity contribution in [2.45, 2.75) is 0 Å². The molecule has 14 rings (SSSR count). The average molecular weight is 866 g/mol. The van der Waals surface area contributed by atoms with E-state index in [9.17, 15) is 0 Å². The van der Waals surface area contributed by atoms with Crippen LogP contribution in [0.2, 0.25) is 0 Å². The van der Waals surface area contributed by atoms with Crippen LogP contribution in [0.3, 0.4) is 0 Å². The lowest BCUT2D eigenvalue weighted by molar-refractivity contribution is 0.953. The van der Waals surface area contributed by atoms with E-state index in [1.807, 2.05) is 36.4 Å². The molecule has 3 aromatic heterocycles. The summed E-state index contributed by atoms with van der Waals surface area (Å²) < 4.78 is 4.67.